The first-order valence-corrected chi connectivity index (χ1v) is 13.1. The van der Waals surface area contributed by atoms with Crippen LogP contribution >= 0.6 is 0 Å². The molecule has 1 aliphatic carbocycles. The summed E-state index contributed by atoms with van der Waals surface area (Å²) in [5, 5.41) is 0. The highest BCUT2D eigenvalue weighted by Crippen LogP contribution is 2.45. The number of fused-ring (bicyclic) bond motifs is 1. The number of carbonyl (C=O) groups is 1. The van der Waals surface area contributed by atoms with Crippen LogP contribution in [0.15, 0.2) is 30.9 Å². The van der Waals surface area contributed by atoms with Crippen molar-refractivity contribution in [2.75, 3.05) is 30.5 Å². The summed E-state index contributed by atoms with van der Waals surface area (Å²) in [6.07, 6.45) is 5.91. The second-order valence-corrected chi connectivity index (χ2v) is 10.5. The quantitative estimate of drug-likeness (QED) is 0.292. The number of carbonyl (C=O) groups excluding carboxylic acids is 1. The van der Waals surface area contributed by atoms with Gasteiger partial charge in [-0.05, 0) is 30.5 Å². The molecule has 3 aromatic heterocycles. The Hall–Kier alpha value is -4.62. The van der Waals surface area contributed by atoms with Crippen molar-refractivity contribution in [3.63, 3.8) is 0 Å². The molecule has 1 amide bonds. The van der Waals surface area contributed by atoms with Crippen molar-refractivity contribution in [1.29, 1.82) is 0 Å². The van der Waals surface area contributed by atoms with Crippen LogP contribution in [0.1, 0.15) is 42.6 Å². The minimum absolute atomic E-state index is 0.0755. The van der Waals surface area contributed by atoms with E-state index in [1.54, 1.807) is 11.9 Å². The number of aryl methyl sites for hydroxylation is 1. The molecule has 2 aliphatic rings. The molecule has 0 N–H and O–H groups in total. The SMILES string of the molecule is COc1ncnc(C2CC2)c1-c1ncc2c(n1)N(Cc1cc(F)c(-c3nc(C(C)(F)F)cn3C)c(F)c1)CC(=O)N2C. The van der Waals surface area contributed by atoms with E-state index in [-0.39, 0.29) is 36.3 Å². The number of likely N-dealkylation sites (N-methyl/N-ethyl adjacent to an activating group) is 1. The maximum Gasteiger partial charge on any atom is 0.288 e. The monoisotopic (exact) mass is 582 g/mol. The molecule has 4 heterocycles. The van der Waals surface area contributed by atoms with E-state index in [0.29, 0.717) is 35.7 Å². The molecule has 4 aromatic rings. The largest absolute Gasteiger partial charge is 0.480 e. The van der Waals surface area contributed by atoms with Crippen molar-refractivity contribution < 1.29 is 27.1 Å². The minimum atomic E-state index is -3.28. The third-order valence-electron chi connectivity index (χ3n) is 7.36. The first-order chi connectivity index (χ1) is 20.0. The number of amides is 1. The zero-order valence-corrected chi connectivity index (χ0v) is 23.2. The molecule has 6 rings (SSSR count). The Bertz CT molecular complexity index is 1690. The third kappa shape index (κ3) is 4.80. The fourth-order valence-electron chi connectivity index (χ4n) is 5.04. The second-order valence-electron chi connectivity index (χ2n) is 10.5. The van der Waals surface area contributed by atoms with Gasteiger partial charge in [0, 0.05) is 39.7 Å². The molecule has 0 spiro atoms. The predicted molar refractivity (Wildman–Crippen MR) is 144 cm³/mol. The molecule has 0 atom stereocenters. The van der Waals surface area contributed by atoms with Crippen molar-refractivity contribution >= 4 is 17.4 Å². The van der Waals surface area contributed by atoms with Crippen molar-refractivity contribution in [2.45, 2.75) is 38.2 Å². The molecule has 42 heavy (non-hydrogen) atoms. The summed E-state index contributed by atoms with van der Waals surface area (Å²) in [6.45, 7) is 0.470. The lowest BCUT2D eigenvalue weighted by atomic mass is 10.1. The molecule has 14 heteroatoms. The van der Waals surface area contributed by atoms with E-state index in [4.69, 9.17) is 9.72 Å². The zero-order chi connectivity index (χ0) is 29.9. The van der Waals surface area contributed by atoms with E-state index in [0.717, 1.165) is 41.4 Å². The normalized spacial score (nSPS) is 15.3. The summed E-state index contributed by atoms with van der Waals surface area (Å²) in [7, 11) is 4.47. The summed E-state index contributed by atoms with van der Waals surface area (Å²) in [5.74, 6) is -4.54. The number of benzene rings is 1. The number of halogens is 4. The van der Waals surface area contributed by atoms with Gasteiger partial charge in [0.15, 0.2) is 11.6 Å². The fourth-order valence-corrected chi connectivity index (χ4v) is 5.04. The number of rotatable bonds is 7. The van der Waals surface area contributed by atoms with Crippen molar-refractivity contribution in [1.82, 2.24) is 29.5 Å². The van der Waals surface area contributed by atoms with Crippen LogP contribution in [0.2, 0.25) is 0 Å². The van der Waals surface area contributed by atoms with Gasteiger partial charge < -0.3 is 19.1 Å². The number of methoxy groups -OCH3 is 1. The van der Waals surface area contributed by atoms with Gasteiger partial charge in [-0.1, -0.05) is 0 Å². The van der Waals surface area contributed by atoms with E-state index in [1.807, 2.05) is 0 Å². The van der Waals surface area contributed by atoms with Crippen molar-refractivity contribution in [2.24, 2.45) is 7.05 Å². The predicted octanol–water partition coefficient (Wildman–Crippen LogP) is 4.59. The number of aromatic nitrogens is 6. The van der Waals surface area contributed by atoms with Crippen molar-refractivity contribution in [3.05, 3.63) is 59.4 Å². The van der Waals surface area contributed by atoms with E-state index >= 15 is 8.78 Å². The van der Waals surface area contributed by atoms with Crippen LogP contribution in [0, 0.1) is 11.6 Å². The Morgan fingerprint density at radius 2 is 1.76 bits per heavy atom. The summed E-state index contributed by atoms with van der Waals surface area (Å²) < 4.78 is 64.9. The van der Waals surface area contributed by atoms with Gasteiger partial charge in [0.25, 0.3) is 5.92 Å². The molecular formula is C28H26F4N8O2. The minimum Gasteiger partial charge on any atom is -0.480 e. The molecule has 1 aromatic carbocycles. The molecule has 0 radical (unpaired) electrons. The van der Waals surface area contributed by atoms with E-state index in [2.05, 4.69) is 19.9 Å². The maximum atomic E-state index is 15.3. The molecular weight excluding hydrogens is 556 g/mol. The summed E-state index contributed by atoms with van der Waals surface area (Å²) in [6, 6.07) is 2.20. The van der Waals surface area contributed by atoms with Gasteiger partial charge in [-0.25, -0.2) is 33.7 Å². The fraction of sp³-hybridized carbons (Fsp3) is 0.357. The van der Waals surface area contributed by atoms with Gasteiger partial charge in [-0.2, -0.15) is 8.78 Å². The van der Waals surface area contributed by atoms with Crippen LogP contribution in [-0.2, 0) is 24.3 Å². The van der Waals surface area contributed by atoms with Gasteiger partial charge >= 0.3 is 0 Å². The topological polar surface area (TPSA) is 102 Å². The summed E-state index contributed by atoms with van der Waals surface area (Å²) in [4.78, 5) is 37.5. The highest BCUT2D eigenvalue weighted by atomic mass is 19.3. The molecule has 1 fully saturated rings. The standard InChI is InChI=1S/C28H26F4N8O2/c1-28(31,32)19-11-38(2)26(36-19)21-16(29)7-14(8-17(21)30)10-40-12-20(41)39(3)18-9-33-24(37-25(18)40)22-23(15-5-6-15)34-13-35-27(22)42-4/h7-9,11,13,15H,5-6,10,12H2,1-4H3. The van der Waals surface area contributed by atoms with Gasteiger partial charge in [-0.3, -0.25) is 4.79 Å². The molecule has 0 unspecified atom stereocenters. The van der Waals surface area contributed by atoms with Crippen LogP contribution in [0.25, 0.3) is 22.8 Å². The average molecular weight is 583 g/mol. The van der Waals surface area contributed by atoms with Gasteiger partial charge in [0.2, 0.25) is 11.8 Å². The smallest absolute Gasteiger partial charge is 0.288 e. The summed E-state index contributed by atoms with van der Waals surface area (Å²) >= 11 is 0. The van der Waals surface area contributed by atoms with Crippen LogP contribution in [0.4, 0.5) is 29.1 Å². The number of anilines is 2. The average Bonchev–Trinajstić information content (AvgIpc) is 3.72. The number of alkyl halides is 2. The second kappa shape index (κ2) is 10.0. The maximum absolute atomic E-state index is 15.3. The Labute approximate surface area is 238 Å². The molecule has 0 bridgehead atoms. The highest BCUT2D eigenvalue weighted by Gasteiger charge is 2.34. The molecule has 1 saturated carbocycles. The van der Waals surface area contributed by atoms with Crippen LogP contribution < -0.4 is 14.5 Å². The van der Waals surface area contributed by atoms with Crippen LogP contribution in [0.3, 0.4) is 0 Å². The lowest BCUT2D eigenvalue weighted by molar-refractivity contribution is -0.117. The number of nitrogens with zero attached hydrogens (tertiary/aromatic N) is 8. The Morgan fingerprint density at radius 1 is 1.05 bits per heavy atom. The van der Waals surface area contributed by atoms with E-state index in [1.165, 1.54) is 31.6 Å². The van der Waals surface area contributed by atoms with Gasteiger partial charge in [0.05, 0.1) is 31.1 Å². The lowest BCUT2D eigenvalue weighted by Gasteiger charge is -2.34. The van der Waals surface area contributed by atoms with Crippen molar-refractivity contribution in [3.8, 4) is 28.7 Å². The van der Waals surface area contributed by atoms with Gasteiger partial charge in [-0.15, -0.1) is 0 Å². The Morgan fingerprint density at radius 3 is 2.38 bits per heavy atom. The number of hydrogen-bond acceptors (Lipinski definition) is 8. The molecule has 218 valence electrons. The summed E-state index contributed by atoms with van der Waals surface area (Å²) in [5.41, 5.74) is 0.810. The third-order valence-corrected chi connectivity index (χ3v) is 7.36. The van der Waals surface area contributed by atoms with Gasteiger partial charge in [0.1, 0.15) is 40.7 Å². The molecule has 0 saturated heterocycles. The first kappa shape index (κ1) is 27.5. The van der Waals surface area contributed by atoms with E-state index in [9.17, 15) is 13.6 Å². The Balaban J connectivity index is 1.38. The van der Waals surface area contributed by atoms with Crippen LogP contribution in [0.5, 0.6) is 5.88 Å². The lowest BCUT2D eigenvalue weighted by Crippen LogP contribution is -2.44. The number of hydrogen-bond donors (Lipinski definition) is 0. The highest BCUT2D eigenvalue weighted by molar-refractivity contribution is 6.02. The van der Waals surface area contributed by atoms with E-state index < -0.39 is 28.8 Å². The Kier molecular flexibility index (Phi) is 6.58. The number of ether oxygens (including phenoxy) is 1. The zero-order valence-electron chi connectivity index (χ0n) is 23.2. The van der Waals surface area contributed by atoms with Crippen LogP contribution in [-0.4, -0.2) is 56.1 Å². The molecule has 1 aliphatic heterocycles. The molecule has 10 nitrogen and oxygen atoms in total. The first-order valence-electron chi connectivity index (χ1n) is 13.1. The number of imidazole rings is 1.